The maximum Gasteiger partial charge on any atom is 0.434 e. The molecular weight excluding hydrogens is 545 g/mol. The van der Waals surface area contributed by atoms with Gasteiger partial charge >= 0.3 is 6.18 Å². The Labute approximate surface area is 236 Å². The second-order valence-corrected chi connectivity index (χ2v) is 11.6. The number of hydrogen-bond acceptors (Lipinski definition) is 7. The summed E-state index contributed by atoms with van der Waals surface area (Å²) in [6.07, 6.45) is -0.397. The lowest BCUT2D eigenvalue weighted by atomic mass is 9.97. The Bertz CT molecular complexity index is 1390. The van der Waals surface area contributed by atoms with E-state index in [0.717, 1.165) is 35.1 Å². The molecule has 214 valence electrons. The zero-order valence-electron chi connectivity index (χ0n) is 22.9. The summed E-state index contributed by atoms with van der Waals surface area (Å²) < 4.78 is 40.2. The van der Waals surface area contributed by atoms with Gasteiger partial charge in [-0.05, 0) is 58.4 Å². The largest absolute Gasteiger partial charge is 0.434 e. The van der Waals surface area contributed by atoms with Crippen LogP contribution in [0.15, 0.2) is 53.6 Å². The minimum Gasteiger partial charge on any atom is -0.384 e. The maximum atomic E-state index is 13.4. The molecule has 12 heteroatoms. The average molecular weight is 577 g/mol. The molecule has 0 spiro atoms. The van der Waals surface area contributed by atoms with Gasteiger partial charge in [0.25, 0.3) is 5.91 Å². The van der Waals surface area contributed by atoms with E-state index in [9.17, 15) is 23.1 Å². The Kier molecular flexibility index (Phi) is 7.02. The van der Waals surface area contributed by atoms with Crippen LogP contribution in [0, 0.1) is 0 Å². The van der Waals surface area contributed by atoms with Gasteiger partial charge in [-0.2, -0.15) is 13.2 Å². The molecule has 0 aliphatic carbocycles. The van der Waals surface area contributed by atoms with Crippen LogP contribution < -0.4 is 5.43 Å². The molecule has 2 aromatic rings. The van der Waals surface area contributed by atoms with Gasteiger partial charge < -0.3 is 20.3 Å². The van der Waals surface area contributed by atoms with Gasteiger partial charge in [0.15, 0.2) is 5.69 Å². The van der Waals surface area contributed by atoms with Crippen molar-refractivity contribution in [1.29, 1.82) is 0 Å². The van der Waals surface area contributed by atoms with Crippen LogP contribution in [0.2, 0.25) is 5.02 Å². The zero-order chi connectivity index (χ0) is 29.1. The molecule has 0 aromatic carbocycles. The van der Waals surface area contributed by atoms with Gasteiger partial charge in [-0.25, -0.2) is 4.98 Å². The first-order valence-electron chi connectivity index (χ1n) is 13.1. The number of halogens is 4. The van der Waals surface area contributed by atoms with Crippen molar-refractivity contribution < 1.29 is 23.1 Å². The first-order valence-corrected chi connectivity index (χ1v) is 13.5. The highest BCUT2D eigenvalue weighted by molar-refractivity contribution is 6.31. The summed E-state index contributed by atoms with van der Waals surface area (Å²) in [6.45, 7) is 10.4. The number of hydrazine groups is 1. The summed E-state index contributed by atoms with van der Waals surface area (Å²) in [4.78, 5) is 25.2. The molecule has 0 saturated carbocycles. The molecule has 0 saturated heterocycles. The smallest absolute Gasteiger partial charge is 0.384 e. The lowest BCUT2D eigenvalue weighted by molar-refractivity contribution is -0.141. The minimum atomic E-state index is -4.76. The predicted octanol–water partition coefficient (Wildman–Crippen LogP) is 4.99. The Morgan fingerprint density at radius 1 is 1.18 bits per heavy atom. The number of amides is 1. The molecule has 2 aromatic heterocycles. The quantitative estimate of drug-likeness (QED) is 0.530. The summed E-state index contributed by atoms with van der Waals surface area (Å²) in [6, 6.07) is 5.94. The second kappa shape index (κ2) is 9.95. The first kappa shape index (κ1) is 28.2. The van der Waals surface area contributed by atoms with E-state index in [1.165, 1.54) is 6.07 Å². The van der Waals surface area contributed by atoms with E-state index in [4.69, 9.17) is 11.6 Å². The number of nitrogens with zero attached hydrogens (tertiary/aromatic N) is 5. The van der Waals surface area contributed by atoms with Crippen LogP contribution in [-0.4, -0.2) is 61.0 Å². The third kappa shape index (κ3) is 5.12. The van der Waals surface area contributed by atoms with E-state index < -0.39 is 28.4 Å². The molecule has 1 unspecified atom stereocenters. The summed E-state index contributed by atoms with van der Waals surface area (Å²) in [5, 5.41) is 11.8. The average Bonchev–Trinajstić information content (AvgIpc) is 3.24. The van der Waals surface area contributed by atoms with E-state index in [1.807, 2.05) is 19.1 Å². The van der Waals surface area contributed by atoms with Crippen LogP contribution in [-0.2, 0) is 11.8 Å². The first-order chi connectivity index (χ1) is 18.6. The molecule has 0 radical (unpaired) electrons. The highest BCUT2D eigenvalue weighted by atomic mass is 35.5. The molecule has 0 fully saturated rings. The van der Waals surface area contributed by atoms with Gasteiger partial charge in [0.2, 0.25) is 0 Å². The molecule has 40 heavy (non-hydrogen) atoms. The molecule has 2 N–H and O–H groups in total. The Morgan fingerprint density at radius 2 is 1.90 bits per heavy atom. The van der Waals surface area contributed by atoms with E-state index in [0.29, 0.717) is 12.1 Å². The lowest BCUT2D eigenvalue weighted by Crippen LogP contribution is -2.48. The highest BCUT2D eigenvalue weighted by Crippen LogP contribution is 2.39. The standard InChI is InChI=1S/C28H32ClF3N6O2/c1-15-10-22-19(13-37(15)26(39)21-8-7-20(29)25(34-21)28(30,31)32)23-14-36(12-16(2)38(23)35-22)17(3)18-6-9-24(33-11-18)27(4,5)40/h6-9,11,14-17,35,40H,10,12-13H2,1-5H3/t15-,16-,17?/m1/s1. The van der Waals surface area contributed by atoms with E-state index in [2.05, 4.69) is 45.3 Å². The van der Waals surface area contributed by atoms with Crippen molar-refractivity contribution in [2.75, 3.05) is 13.1 Å². The predicted molar refractivity (Wildman–Crippen MR) is 144 cm³/mol. The monoisotopic (exact) mass is 576 g/mol. The number of pyridine rings is 2. The van der Waals surface area contributed by atoms with Crippen molar-refractivity contribution >= 4 is 17.5 Å². The molecule has 0 bridgehead atoms. The fraction of sp³-hybridized carbons (Fsp3) is 0.464. The van der Waals surface area contributed by atoms with Crippen LogP contribution in [0.3, 0.4) is 0 Å². The van der Waals surface area contributed by atoms with Crippen molar-refractivity contribution in [3.8, 4) is 0 Å². The molecule has 8 nitrogen and oxygen atoms in total. The van der Waals surface area contributed by atoms with E-state index in [-0.39, 0.29) is 30.4 Å². The van der Waals surface area contributed by atoms with Gasteiger partial charge in [0.05, 0.1) is 35.0 Å². The van der Waals surface area contributed by atoms with Gasteiger partial charge in [0.1, 0.15) is 11.3 Å². The number of fused-ring (bicyclic) bond motifs is 2. The summed E-state index contributed by atoms with van der Waals surface area (Å²) in [5.74, 6) is -0.577. The van der Waals surface area contributed by atoms with Gasteiger partial charge in [-0.15, -0.1) is 0 Å². The number of aromatic nitrogens is 2. The summed E-state index contributed by atoms with van der Waals surface area (Å²) in [7, 11) is 0. The third-order valence-electron chi connectivity index (χ3n) is 7.74. The third-order valence-corrected chi connectivity index (χ3v) is 8.04. The van der Waals surface area contributed by atoms with Crippen molar-refractivity contribution in [2.24, 2.45) is 0 Å². The molecule has 1 amide bonds. The van der Waals surface area contributed by atoms with Crippen LogP contribution in [0.5, 0.6) is 0 Å². The van der Waals surface area contributed by atoms with E-state index >= 15 is 0 Å². The van der Waals surface area contributed by atoms with Crippen molar-refractivity contribution in [3.63, 3.8) is 0 Å². The normalized spacial score (nSPS) is 22.1. The minimum absolute atomic E-state index is 0.00980. The molecule has 3 aliphatic heterocycles. The Balaban J connectivity index is 1.41. The van der Waals surface area contributed by atoms with Gasteiger partial charge in [-0.3, -0.25) is 14.8 Å². The maximum absolute atomic E-state index is 13.4. The van der Waals surface area contributed by atoms with Crippen molar-refractivity contribution in [3.05, 3.63) is 81.3 Å². The lowest BCUT2D eigenvalue weighted by Gasteiger charge is -2.41. The van der Waals surface area contributed by atoms with Gasteiger partial charge in [0, 0.05) is 42.7 Å². The van der Waals surface area contributed by atoms with Crippen LogP contribution in [0.1, 0.15) is 74.5 Å². The number of rotatable bonds is 4. The summed E-state index contributed by atoms with van der Waals surface area (Å²) >= 11 is 5.72. The molecule has 3 atom stereocenters. The molecule has 3 aliphatic rings. The number of hydrogen-bond donors (Lipinski definition) is 2. The Morgan fingerprint density at radius 3 is 2.52 bits per heavy atom. The summed E-state index contributed by atoms with van der Waals surface area (Å²) in [5.41, 5.74) is 5.34. The van der Waals surface area contributed by atoms with Crippen LogP contribution in [0.25, 0.3) is 0 Å². The van der Waals surface area contributed by atoms with Gasteiger partial charge in [-0.1, -0.05) is 17.7 Å². The molecule has 5 rings (SSSR count). The number of aliphatic hydroxyl groups is 1. The Hall–Kier alpha value is -3.31. The van der Waals surface area contributed by atoms with Crippen LogP contribution >= 0.6 is 11.6 Å². The topological polar surface area (TPSA) is 84.8 Å². The van der Waals surface area contributed by atoms with E-state index in [1.54, 1.807) is 24.9 Å². The number of carbonyl (C=O) groups is 1. The number of carbonyl (C=O) groups excluding carboxylic acids is 1. The number of nitrogens with one attached hydrogen (secondary N) is 1. The fourth-order valence-corrected chi connectivity index (χ4v) is 5.60. The second-order valence-electron chi connectivity index (χ2n) is 11.2. The number of alkyl halides is 3. The molecular formula is C28H32ClF3N6O2. The van der Waals surface area contributed by atoms with Crippen LogP contribution in [0.4, 0.5) is 13.2 Å². The van der Waals surface area contributed by atoms with Crippen molar-refractivity contribution in [1.82, 2.24) is 30.2 Å². The van der Waals surface area contributed by atoms with Crippen molar-refractivity contribution in [2.45, 2.75) is 70.9 Å². The molecule has 5 heterocycles. The fourth-order valence-electron chi connectivity index (χ4n) is 5.39. The SMILES string of the molecule is CC(c1ccc(C(C)(C)O)nc1)N1C=C2C3=C(C[C@@H](C)N(C(=O)c4ccc(Cl)c(C(F)(F)F)n4)C3)NN2[C@H](C)C1. The zero-order valence-corrected chi connectivity index (χ0v) is 23.7. The highest BCUT2D eigenvalue weighted by Gasteiger charge is 2.42.